The Morgan fingerprint density at radius 2 is 1.29 bits per heavy atom. The van der Waals surface area contributed by atoms with Crippen LogP contribution in [0, 0.1) is 29.1 Å². The van der Waals surface area contributed by atoms with Crippen molar-refractivity contribution in [1.29, 1.82) is 0 Å². The van der Waals surface area contributed by atoms with Gasteiger partial charge in [0.25, 0.3) is 0 Å². The molecule has 0 aromatic heterocycles. The Morgan fingerprint density at radius 3 is 1.65 bits per heavy atom. The second kappa shape index (κ2) is 7.44. The summed E-state index contributed by atoms with van der Waals surface area (Å²) in [5, 5.41) is 0. The van der Waals surface area contributed by atoms with Gasteiger partial charge in [-0.3, -0.25) is 0 Å². The summed E-state index contributed by atoms with van der Waals surface area (Å²) in [5.41, 5.74) is 0.487. The molecule has 0 spiro atoms. The monoisotopic (exact) mass is 240 g/mol. The van der Waals surface area contributed by atoms with Crippen molar-refractivity contribution in [3.63, 3.8) is 0 Å². The van der Waals surface area contributed by atoms with Crippen LogP contribution in [0.5, 0.6) is 0 Å². The molecule has 0 aliphatic carbocycles. The van der Waals surface area contributed by atoms with E-state index in [2.05, 4.69) is 55.4 Å². The van der Waals surface area contributed by atoms with E-state index in [9.17, 15) is 0 Å². The summed E-state index contributed by atoms with van der Waals surface area (Å²) in [7, 11) is 0. The predicted octanol–water partition coefficient (Wildman–Crippen LogP) is 6.16. The van der Waals surface area contributed by atoms with Gasteiger partial charge in [0.15, 0.2) is 0 Å². The molecule has 0 aliphatic rings. The first kappa shape index (κ1) is 17.0. The van der Waals surface area contributed by atoms with Gasteiger partial charge in [0.05, 0.1) is 0 Å². The van der Waals surface area contributed by atoms with Gasteiger partial charge in [-0.25, -0.2) is 0 Å². The van der Waals surface area contributed by atoms with Crippen LogP contribution in [0.25, 0.3) is 0 Å². The van der Waals surface area contributed by atoms with Crippen molar-refractivity contribution in [3.05, 3.63) is 0 Å². The molecule has 0 amide bonds. The second-order valence-electron chi connectivity index (χ2n) is 7.39. The molecular formula is C17H36. The van der Waals surface area contributed by atoms with Crippen LogP contribution in [0.15, 0.2) is 0 Å². The lowest BCUT2D eigenvalue weighted by Gasteiger charge is -2.34. The van der Waals surface area contributed by atoms with Crippen molar-refractivity contribution < 1.29 is 0 Å². The molecule has 0 aromatic rings. The summed E-state index contributed by atoms with van der Waals surface area (Å²) in [6.07, 6.45) is 5.42. The molecule has 0 fully saturated rings. The van der Waals surface area contributed by atoms with E-state index in [1.54, 1.807) is 0 Å². The fourth-order valence-corrected chi connectivity index (χ4v) is 2.76. The largest absolute Gasteiger partial charge is 0.0651 e. The molecule has 0 heterocycles. The third-order valence-electron chi connectivity index (χ3n) is 4.82. The third kappa shape index (κ3) is 6.48. The number of hydrogen-bond donors (Lipinski definition) is 0. The molecule has 4 unspecified atom stereocenters. The van der Waals surface area contributed by atoms with E-state index in [1.165, 1.54) is 25.7 Å². The first-order chi connectivity index (χ1) is 7.72. The molecule has 0 aliphatic heterocycles. The van der Waals surface area contributed by atoms with E-state index in [4.69, 9.17) is 0 Å². The quantitative estimate of drug-likeness (QED) is 0.500. The first-order valence-corrected chi connectivity index (χ1v) is 7.72. The van der Waals surface area contributed by atoms with Crippen LogP contribution in [-0.2, 0) is 0 Å². The molecule has 0 radical (unpaired) electrons. The highest BCUT2D eigenvalue weighted by Crippen LogP contribution is 2.36. The average molecular weight is 240 g/mol. The summed E-state index contributed by atoms with van der Waals surface area (Å²) in [5.74, 6) is 3.53. The average Bonchev–Trinajstić information content (AvgIpc) is 2.25. The minimum absolute atomic E-state index is 0.487. The van der Waals surface area contributed by atoms with Crippen LogP contribution in [0.2, 0.25) is 0 Å². The fourth-order valence-electron chi connectivity index (χ4n) is 2.76. The van der Waals surface area contributed by atoms with E-state index in [0.29, 0.717) is 5.41 Å². The Morgan fingerprint density at radius 1 is 0.824 bits per heavy atom. The van der Waals surface area contributed by atoms with Crippen molar-refractivity contribution in [1.82, 2.24) is 0 Å². The molecule has 0 heteroatoms. The fraction of sp³-hybridized carbons (Fsp3) is 1.00. The van der Waals surface area contributed by atoms with Gasteiger partial charge in [-0.2, -0.15) is 0 Å². The smallest absolute Gasteiger partial charge is 0.0360 e. The molecule has 0 saturated carbocycles. The molecule has 0 saturated heterocycles. The van der Waals surface area contributed by atoms with Crippen molar-refractivity contribution in [3.8, 4) is 0 Å². The molecular weight excluding hydrogens is 204 g/mol. The van der Waals surface area contributed by atoms with Gasteiger partial charge in [-0.1, -0.05) is 68.2 Å². The molecule has 104 valence electrons. The summed E-state index contributed by atoms with van der Waals surface area (Å²) in [6.45, 7) is 19.1. The van der Waals surface area contributed by atoms with Crippen LogP contribution >= 0.6 is 0 Å². The summed E-state index contributed by atoms with van der Waals surface area (Å²) < 4.78 is 0. The zero-order valence-electron chi connectivity index (χ0n) is 13.6. The van der Waals surface area contributed by atoms with Crippen molar-refractivity contribution in [2.45, 2.75) is 81.1 Å². The standard InChI is InChI=1S/C17H36/c1-9-13(3)15(5)16(14(4)10-2)11-12-17(6,7)8/h13-16H,9-12H2,1-8H3. The van der Waals surface area contributed by atoms with Crippen molar-refractivity contribution in [2.24, 2.45) is 29.1 Å². The molecule has 4 atom stereocenters. The van der Waals surface area contributed by atoms with E-state index in [-0.39, 0.29) is 0 Å². The molecule has 0 rings (SSSR count). The third-order valence-corrected chi connectivity index (χ3v) is 4.82. The normalized spacial score (nSPS) is 19.8. The minimum Gasteiger partial charge on any atom is -0.0651 e. The van der Waals surface area contributed by atoms with E-state index in [1.807, 2.05) is 0 Å². The topological polar surface area (TPSA) is 0 Å². The van der Waals surface area contributed by atoms with Crippen LogP contribution in [-0.4, -0.2) is 0 Å². The summed E-state index contributed by atoms with van der Waals surface area (Å²) in [4.78, 5) is 0. The summed E-state index contributed by atoms with van der Waals surface area (Å²) in [6, 6.07) is 0. The molecule has 17 heavy (non-hydrogen) atoms. The van der Waals surface area contributed by atoms with Crippen LogP contribution < -0.4 is 0 Å². The maximum absolute atomic E-state index is 2.48. The van der Waals surface area contributed by atoms with Gasteiger partial charge in [0.1, 0.15) is 0 Å². The van der Waals surface area contributed by atoms with Crippen LogP contribution in [0.3, 0.4) is 0 Å². The lowest BCUT2D eigenvalue weighted by atomic mass is 9.71. The van der Waals surface area contributed by atoms with Gasteiger partial charge < -0.3 is 0 Å². The highest BCUT2D eigenvalue weighted by atomic mass is 14.3. The van der Waals surface area contributed by atoms with Gasteiger partial charge in [-0.05, 0) is 41.9 Å². The zero-order chi connectivity index (χ0) is 13.6. The van der Waals surface area contributed by atoms with E-state index >= 15 is 0 Å². The van der Waals surface area contributed by atoms with Crippen molar-refractivity contribution in [2.75, 3.05) is 0 Å². The van der Waals surface area contributed by atoms with E-state index < -0.39 is 0 Å². The molecule has 0 nitrogen and oxygen atoms in total. The van der Waals surface area contributed by atoms with E-state index in [0.717, 1.165) is 23.7 Å². The lowest BCUT2D eigenvalue weighted by Crippen LogP contribution is -2.26. The SMILES string of the molecule is CCC(C)C(C)C(CCC(C)(C)C)C(C)CC. The number of rotatable bonds is 7. The van der Waals surface area contributed by atoms with Gasteiger partial charge in [0, 0.05) is 0 Å². The Balaban J connectivity index is 4.53. The van der Waals surface area contributed by atoms with Gasteiger partial charge in [0.2, 0.25) is 0 Å². The minimum atomic E-state index is 0.487. The maximum Gasteiger partial charge on any atom is -0.0360 e. The highest BCUT2D eigenvalue weighted by Gasteiger charge is 2.27. The van der Waals surface area contributed by atoms with Gasteiger partial charge >= 0.3 is 0 Å². The van der Waals surface area contributed by atoms with Gasteiger partial charge in [-0.15, -0.1) is 0 Å². The molecule has 0 aromatic carbocycles. The maximum atomic E-state index is 2.48. The van der Waals surface area contributed by atoms with Crippen molar-refractivity contribution >= 4 is 0 Å². The van der Waals surface area contributed by atoms with Crippen LogP contribution in [0.4, 0.5) is 0 Å². The predicted molar refractivity (Wildman–Crippen MR) is 80.3 cm³/mol. The Kier molecular flexibility index (Phi) is 7.44. The first-order valence-electron chi connectivity index (χ1n) is 7.72. The lowest BCUT2D eigenvalue weighted by molar-refractivity contribution is 0.156. The molecule has 0 bridgehead atoms. The summed E-state index contributed by atoms with van der Waals surface area (Å²) >= 11 is 0. The number of hydrogen-bond acceptors (Lipinski definition) is 0. The zero-order valence-corrected chi connectivity index (χ0v) is 13.6. The Hall–Kier alpha value is 0. The Bertz CT molecular complexity index is 187. The molecule has 0 N–H and O–H groups in total. The second-order valence-corrected chi connectivity index (χ2v) is 7.39. The Labute approximate surface area is 111 Å². The van der Waals surface area contributed by atoms with Crippen LogP contribution in [0.1, 0.15) is 81.1 Å². The highest BCUT2D eigenvalue weighted by molar-refractivity contribution is 4.77.